The first-order valence-corrected chi connectivity index (χ1v) is 6.40. The lowest BCUT2D eigenvalue weighted by Crippen LogP contribution is -2.49. The number of piperazine rings is 1. The Labute approximate surface area is 116 Å². The molecule has 102 valence electrons. The minimum absolute atomic E-state index is 0.106. The Kier molecular flexibility index (Phi) is 3.20. The molecule has 2 amide bonds. The zero-order valence-electron chi connectivity index (χ0n) is 10.8. The standard InChI is InChI=1S/C14H14N4O2/c19-13-10-17(7-6-15-13)14(20)11-8-16-18(9-11)12-4-2-1-3-5-12/h1-5,8-9H,6-7,10H2,(H,15,19). The monoisotopic (exact) mass is 270 g/mol. The van der Waals surface area contributed by atoms with Gasteiger partial charge in [-0.2, -0.15) is 5.10 Å². The summed E-state index contributed by atoms with van der Waals surface area (Å²) in [5.74, 6) is -0.290. The van der Waals surface area contributed by atoms with E-state index in [9.17, 15) is 9.59 Å². The number of amides is 2. The molecule has 1 aliphatic rings. The Morgan fingerprint density at radius 2 is 2.05 bits per heavy atom. The molecule has 1 aliphatic heterocycles. The fourth-order valence-corrected chi connectivity index (χ4v) is 2.15. The molecule has 6 nitrogen and oxygen atoms in total. The van der Waals surface area contributed by atoms with Crippen molar-refractivity contribution in [1.82, 2.24) is 20.0 Å². The van der Waals surface area contributed by atoms with Crippen LogP contribution >= 0.6 is 0 Å². The maximum Gasteiger partial charge on any atom is 0.257 e. The van der Waals surface area contributed by atoms with Gasteiger partial charge < -0.3 is 10.2 Å². The Hall–Kier alpha value is -2.63. The van der Waals surface area contributed by atoms with Crippen LogP contribution in [0.3, 0.4) is 0 Å². The molecular weight excluding hydrogens is 256 g/mol. The van der Waals surface area contributed by atoms with E-state index in [0.717, 1.165) is 5.69 Å². The predicted molar refractivity (Wildman–Crippen MR) is 72.5 cm³/mol. The SMILES string of the molecule is O=C1CN(C(=O)c2cnn(-c3ccccc3)c2)CCN1. The van der Waals surface area contributed by atoms with Gasteiger partial charge in [-0.05, 0) is 12.1 Å². The molecular formula is C14H14N4O2. The summed E-state index contributed by atoms with van der Waals surface area (Å²) >= 11 is 0. The lowest BCUT2D eigenvalue weighted by atomic mass is 10.2. The van der Waals surface area contributed by atoms with Crippen molar-refractivity contribution < 1.29 is 9.59 Å². The third-order valence-electron chi connectivity index (χ3n) is 3.18. The lowest BCUT2D eigenvalue weighted by Gasteiger charge is -2.26. The highest BCUT2D eigenvalue weighted by atomic mass is 16.2. The Morgan fingerprint density at radius 3 is 2.80 bits per heavy atom. The number of para-hydroxylation sites is 1. The molecule has 1 N–H and O–H groups in total. The molecule has 0 radical (unpaired) electrons. The topological polar surface area (TPSA) is 67.2 Å². The molecule has 0 atom stereocenters. The first kappa shape index (κ1) is 12.4. The van der Waals surface area contributed by atoms with E-state index >= 15 is 0 Å². The van der Waals surface area contributed by atoms with Gasteiger partial charge in [0, 0.05) is 19.3 Å². The molecule has 1 fully saturated rings. The van der Waals surface area contributed by atoms with E-state index in [1.165, 1.54) is 11.1 Å². The van der Waals surface area contributed by atoms with Crippen molar-refractivity contribution in [2.75, 3.05) is 19.6 Å². The van der Waals surface area contributed by atoms with Crippen molar-refractivity contribution in [2.24, 2.45) is 0 Å². The molecule has 0 bridgehead atoms. The normalized spacial score (nSPS) is 15.0. The minimum atomic E-state index is -0.165. The van der Waals surface area contributed by atoms with Gasteiger partial charge in [-0.1, -0.05) is 18.2 Å². The molecule has 0 saturated carbocycles. The van der Waals surface area contributed by atoms with Crippen LogP contribution in [0.4, 0.5) is 0 Å². The first-order valence-electron chi connectivity index (χ1n) is 6.40. The largest absolute Gasteiger partial charge is 0.353 e. The van der Waals surface area contributed by atoms with Gasteiger partial charge in [-0.25, -0.2) is 4.68 Å². The van der Waals surface area contributed by atoms with Gasteiger partial charge >= 0.3 is 0 Å². The van der Waals surface area contributed by atoms with Gasteiger partial charge in [0.2, 0.25) is 5.91 Å². The lowest BCUT2D eigenvalue weighted by molar-refractivity contribution is -0.123. The number of benzene rings is 1. The maximum absolute atomic E-state index is 12.3. The van der Waals surface area contributed by atoms with Crippen molar-refractivity contribution in [3.8, 4) is 5.69 Å². The summed E-state index contributed by atoms with van der Waals surface area (Å²) in [6.07, 6.45) is 3.21. The fraction of sp³-hybridized carbons (Fsp3) is 0.214. The number of hydrogen-bond acceptors (Lipinski definition) is 3. The minimum Gasteiger partial charge on any atom is -0.353 e. The van der Waals surface area contributed by atoms with E-state index in [4.69, 9.17) is 0 Å². The van der Waals surface area contributed by atoms with E-state index in [-0.39, 0.29) is 18.4 Å². The average molecular weight is 270 g/mol. The van der Waals surface area contributed by atoms with E-state index in [0.29, 0.717) is 18.7 Å². The van der Waals surface area contributed by atoms with Crippen molar-refractivity contribution >= 4 is 11.8 Å². The molecule has 20 heavy (non-hydrogen) atoms. The fourth-order valence-electron chi connectivity index (χ4n) is 2.15. The highest BCUT2D eigenvalue weighted by Crippen LogP contribution is 2.10. The second kappa shape index (κ2) is 5.16. The summed E-state index contributed by atoms with van der Waals surface area (Å²) in [5.41, 5.74) is 1.38. The van der Waals surface area contributed by atoms with Crippen LogP contribution in [0.5, 0.6) is 0 Å². The molecule has 3 rings (SSSR count). The highest BCUT2D eigenvalue weighted by molar-refractivity contribution is 5.96. The Morgan fingerprint density at radius 1 is 1.25 bits per heavy atom. The van der Waals surface area contributed by atoms with Crippen LogP contribution in [0, 0.1) is 0 Å². The molecule has 2 heterocycles. The molecule has 0 unspecified atom stereocenters. The number of hydrogen-bond donors (Lipinski definition) is 1. The molecule has 1 saturated heterocycles. The second-order valence-corrected chi connectivity index (χ2v) is 4.59. The quantitative estimate of drug-likeness (QED) is 0.861. The molecule has 0 spiro atoms. The van der Waals surface area contributed by atoms with Gasteiger partial charge in [-0.3, -0.25) is 9.59 Å². The van der Waals surface area contributed by atoms with Gasteiger partial charge in [0.25, 0.3) is 5.91 Å². The predicted octanol–water partition coefficient (Wildman–Crippen LogP) is 0.444. The van der Waals surface area contributed by atoms with Gasteiger partial charge in [0.15, 0.2) is 0 Å². The first-order chi connectivity index (χ1) is 9.74. The number of nitrogens with zero attached hydrogens (tertiary/aromatic N) is 3. The summed E-state index contributed by atoms with van der Waals surface area (Å²) in [7, 11) is 0. The summed E-state index contributed by atoms with van der Waals surface area (Å²) < 4.78 is 1.65. The van der Waals surface area contributed by atoms with Crippen LogP contribution in [-0.2, 0) is 4.79 Å². The highest BCUT2D eigenvalue weighted by Gasteiger charge is 2.23. The molecule has 1 aromatic carbocycles. The Bertz CT molecular complexity index is 636. The van der Waals surface area contributed by atoms with Gasteiger partial charge in [0.05, 0.1) is 24.0 Å². The average Bonchev–Trinajstić information content (AvgIpc) is 2.97. The van der Waals surface area contributed by atoms with E-state index in [1.807, 2.05) is 30.3 Å². The maximum atomic E-state index is 12.3. The van der Waals surface area contributed by atoms with E-state index in [2.05, 4.69) is 10.4 Å². The summed E-state index contributed by atoms with van der Waals surface area (Å²) in [4.78, 5) is 25.1. The van der Waals surface area contributed by atoms with Gasteiger partial charge in [-0.15, -0.1) is 0 Å². The smallest absolute Gasteiger partial charge is 0.257 e. The molecule has 1 aromatic heterocycles. The van der Waals surface area contributed by atoms with E-state index < -0.39 is 0 Å². The van der Waals surface area contributed by atoms with Crippen LogP contribution < -0.4 is 5.32 Å². The number of aromatic nitrogens is 2. The molecule has 6 heteroatoms. The van der Waals surface area contributed by atoms with Crippen LogP contribution in [0.1, 0.15) is 10.4 Å². The third kappa shape index (κ3) is 2.40. The molecule has 2 aromatic rings. The number of rotatable bonds is 2. The van der Waals surface area contributed by atoms with Crippen LogP contribution in [0.2, 0.25) is 0 Å². The van der Waals surface area contributed by atoms with E-state index in [1.54, 1.807) is 10.9 Å². The number of nitrogens with one attached hydrogen (secondary N) is 1. The van der Waals surface area contributed by atoms with Gasteiger partial charge in [0.1, 0.15) is 0 Å². The van der Waals surface area contributed by atoms with Crippen LogP contribution in [-0.4, -0.2) is 46.1 Å². The second-order valence-electron chi connectivity index (χ2n) is 4.59. The number of carbonyl (C=O) groups excluding carboxylic acids is 2. The molecule has 0 aliphatic carbocycles. The zero-order valence-corrected chi connectivity index (χ0v) is 10.8. The summed E-state index contributed by atoms with van der Waals surface area (Å²) in [6.45, 7) is 1.13. The Balaban J connectivity index is 1.80. The third-order valence-corrected chi connectivity index (χ3v) is 3.18. The van der Waals surface area contributed by atoms with Crippen molar-refractivity contribution in [3.63, 3.8) is 0 Å². The summed E-state index contributed by atoms with van der Waals surface area (Å²) in [5, 5.41) is 6.89. The van der Waals surface area contributed by atoms with Crippen molar-refractivity contribution in [2.45, 2.75) is 0 Å². The van der Waals surface area contributed by atoms with Crippen molar-refractivity contribution in [3.05, 3.63) is 48.3 Å². The van der Waals surface area contributed by atoms with Crippen molar-refractivity contribution in [1.29, 1.82) is 0 Å². The zero-order chi connectivity index (χ0) is 13.9. The number of carbonyl (C=O) groups is 2. The van der Waals surface area contributed by atoms with Crippen LogP contribution in [0.25, 0.3) is 5.69 Å². The van der Waals surface area contributed by atoms with Crippen LogP contribution in [0.15, 0.2) is 42.7 Å². The summed E-state index contributed by atoms with van der Waals surface area (Å²) in [6, 6.07) is 9.57.